The van der Waals surface area contributed by atoms with Gasteiger partial charge in [0.15, 0.2) is 5.69 Å². The number of hydrogen-bond donors (Lipinski definition) is 1. The minimum atomic E-state index is -0.383. The van der Waals surface area contributed by atoms with Crippen molar-refractivity contribution >= 4 is 23.2 Å². The Hall–Kier alpha value is -3.58. The van der Waals surface area contributed by atoms with Crippen LogP contribution >= 0.6 is 11.6 Å². The summed E-state index contributed by atoms with van der Waals surface area (Å²) < 4.78 is 12.9. The largest absolute Gasteiger partial charge is 0.489 e. The quantitative estimate of drug-likeness (QED) is 0.411. The fraction of sp³-hybridized carbons (Fsp3) is 0.208. The molecule has 0 saturated carbocycles. The lowest BCUT2D eigenvalue weighted by atomic mass is 10.1. The van der Waals surface area contributed by atoms with E-state index in [9.17, 15) is 4.79 Å². The molecular formula is C24H23ClN4O3. The molecule has 7 nitrogen and oxygen atoms in total. The number of halogens is 1. The molecule has 0 aliphatic carbocycles. The maximum absolute atomic E-state index is 12.8. The summed E-state index contributed by atoms with van der Waals surface area (Å²) in [5.74, 6) is 0.882. The number of nitrogens with zero attached hydrogens (tertiary/aromatic N) is 3. The van der Waals surface area contributed by atoms with E-state index in [0.29, 0.717) is 28.6 Å². The molecular weight excluding hydrogens is 428 g/mol. The van der Waals surface area contributed by atoms with Gasteiger partial charge in [0.2, 0.25) is 0 Å². The molecule has 0 aliphatic heterocycles. The molecule has 1 N–H and O–H groups in total. The van der Waals surface area contributed by atoms with Crippen LogP contribution in [0, 0.1) is 20.8 Å². The molecule has 0 radical (unpaired) electrons. The summed E-state index contributed by atoms with van der Waals surface area (Å²) in [6.07, 6.45) is 3.34. The zero-order valence-corrected chi connectivity index (χ0v) is 18.8. The van der Waals surface area contributed by atoms with Crippen LogP contribution < -0.4 is 10.1 Å². The molecule has 1 amide bonds. The molecule has 32 heavy (non-hydrogen) atoms. The number of aromatic nitrogens is 3. The molecule has 2 aromatic carbocycles. The highest BCUT2D eigenvalue weighted by atomic mass is 35.5. The first-order valence-corrected chi connectivity index (χ1v) is 10.5. The first-order valence-electron chi connectivity index (χ1n) is 10.1. The second-order valence-corrected chi connectivity index (χ2v) is 8.04. The topological polar surface area (TPSA) is 82.2 Å². The summed E-state index contributed by atoms with van der Waals surface area (Å²) in [4.78, 5) is 12.8. The zero-order valence-electron chi connectivity index (χ0n) is 18.1. The average molecular weight is 451 g/mol. The Labute approximate surface area is 190 Å². The highest BCUT2D eigenvalue weighted by Crippen LogP contribution is 2.21. The van der Waals surface area contributed by atoms with Gasteiger partial charge in [0.25, 0.3) is 5.91 Å². The second kappa shape index (κ2) is 9.28. The van der Waals surface area contributed by atoms with Crippen LogP contribution in [0.15, 0.2) is 59.4 Å². The van der Waals surface area contributed by atoms with E-state index < -0.39 is 0 Å². The van der Waals surface area contributed by atoms with Gasteiger partial charge in [-0.15, -0.1) is 0 Å². The summed E-state index contributed by atoms with van der Waals surface area (Å²) >= 11 is 5.93. The van der Waals surface area contributed by atoms with Gasteiger partial charge in [0.1, 0.15) is 18.1 Å². The summed E-state index contributed by atoms with van der Waals surface area (Å²) in [7, 11) is 0. The van der Waals surface area contributed by atoms with Crippen LogP contribution in [-0.4, -0.2) is 20.8 Å². The Kier molecular flexibility index (Phi) is 6.28. The molecule has 4 aromatic rings. The van der Waals surface area contributed by atoms with Crippen LogP contribution in [0.3, 0.4) is 0 Å². The van der Waals surface area contributed by atoms with E-state index in [1.807, 2.05) is 56.3 Å². The van der Waals surface area contributed by atoms with Crippen molar-refractivity contribution in [2.45, 2.75) is 33.9 Å². The van der Waals surface area contributed by atoms with Crippen LogP contribution in [-0.2, 0) is 13.2 Å². The third-order valence-electron chi connectivity index (χ3n) is 5.21. The minimum Gasteiger partial charge on any atom is -0.489 e. The molecule has 0 spiro atoms. The van der Waals surface area contributed by atoms with Crippen LogP contribution in [0.4, 0.5) is 5.69 Å². The number of carbonyl (C=O) groups excluding carboxylic acids is 1. The third kappa shape index (κ3) is 5.00. The standard InChI is InChI=1S/C24H23ClN4O3/c1-15-4-9-21(10-16(15)2)31-14-22-17(3)32-28-23(22)24(30)27-20-11-26-29(13-20)12-18-5-7-19(25)8-6-18/h4-11,13H,12,14H2,1-3H3,(H,27,30). The molecule has 2 aromatic heterocycles. The Morgan fingerprint density at radius 2 is 1.91 bits per heavy atom. The molecule has 8 heteroatoms. The summed E-state index contributed by atoms with van der Waals surface area (Å²) in [6.45, 7) is 6.57. The number of anilines is 1. The third-order valence-corrected chi connectivity index (χ3v) is 5.46. The molecule has 164 valence electrons. The fourth-order valence-electron chi connectivity index (χ4n) is 3.18. The van der Waals surface area contributed by atoms with Gasteiger partial charge in [-0.2, -0.15) is 5.10 Å². The summed E-state index contributed by atoms with van der Waals surface area (Å²) in [6, 6.07) is 13.4. The highest BCUT2D eigenvalue weighted by molar-refractivity contribution is 6.30. The first-order chi connectivity index (χ1) is 15.4. The molecule has 0 atom stereocenters. The molecule has 0 saturated heterocycles. The van der Waals surface area contributed by atoms with Crippen molar-refractivity contribution in [3.05, 3.63) is 93.6 Å². The summed E-state index contributed by atoms with van der Waals surface area (Å²) in [5, 5.41) is 11.7. The minimum absolute atomic E-state index is 0.177. The van der Waals surface area contributed by atoms with Gasteiger partial charge in [-0.05, 0) is 61.7 Å². The van der Waals surface area contributed by atoms with Crippen molar-refractivity contribution in [1.29, 1.82) is 0 Å². The van der Waals surface area contributed by atoms with Crippen molar-refractivity contribution < 1.29 is 14.1 Å². The number of rotatable bonds is 7. The number of carbonyl (C=O) groups is 1. The van der Waals surface area contributed by atoms with E-state index in [1.165, 1.54) is 5.56 Å². The number of ether oxygens (including phenoxy) is 1. The lowest BCUT2D eigenvalue weighted by molar-refractivity contribution is 0.101. The SMILES string of the molecule is Cc1ccc(OCc2c(C(=O)Nc3cnn(Cc4ccc(Cl)cc4)c3)noc2C)cc1C. The van der Waals surface area contributed by atoms with Crippen LogP contribution in [0.5, 0.6) is 5.75 Å². The van der Waals surface area contributed by atoms with E-state index in [0.717, 1.165) is 16.9 Å². The lowest BCUT2D eigenvalue weighted by Gasteiger charge is -2.08. The van der Waals surface area contributed by atoms with Crippen molar-refractivity contribution in [2.75, 3.05) is 5.32 Å². The van der Waals surface area contributed by atoms with Crippen molar-refractivity contribution in [1.82, 2.24) is 14.9 Å². The highest BCUT2D eigenvalue weighted by Gasteiger charge is 2.21. The number of aryl methyl sites for hydroxylation is 3. The molecule has 2 heterocycles. The second-order valence-electron chi connectivity index (χ2n) is 7.61. The van der Waals surface area contributed by atoms with Crippen LogP contribution in [0.1, 0.15) is 38.5 Å². The maximum Gasteiger partial charge on any atom is 0.278 e. The lowest BCUT2D eigenvalue weighted by Crippen LogP contribution is -2.15. The van der Waals surface area contributed by atoms with E-state index in [2.05, 4.69) is 15.6 Å². The number of benzene rings is 2. The Morgan fingerprint density at radius 1 is 1.12 bits per heavy atom. The Balaban J connectivity index is 1.42. The van der Waals surface area contributed by atoms with E-state index in [4.69, 9.17) is 20.9 Å². The first kappa shape index (κ1) is 21.6. The summed E-state index contributed by atoms with van der Waals surface area (Å²) in [5.41, 5.74) is 4.73. The number of nitrogens with one attached hydrogen (secondary N) is 1. The number of hydrogen-bond acceptors (Lipinski definition) is 5. The number of amides is 1. The molecule has 0 fully saturated rings. The molecule has 0 aliphatic rings. The van der Waals surface area contributed by atoms with Crippen LogP contribution in [0.25, 0.3) is 0 Å². The van der Waals surface area contributed by atoms with Gasteiger partial charge in [-0.1, -0.05) is 35.0 Å². The van der Waals surface area contributed by atoms with Crippen molar-refractivity contribution in [2.24, 2.45) is 0 Å². The van der Waals surface area contributed by atoms with Gasteiger partial charge in [-0.3, -0.25) is 9.48 Å². The fourth-order valence-corrected chi connectivity index (χ4v) is 3.31. The van der Waals surface area contributed by atoms with Gasteiger partial charge in [-0.25, -0.2) is 0 Å². The van der Waals surface area contributed by atoms with E-state index in [1.54, 1.807) is 24.0 Å². The van der Waals surface area contributed by atoms with Gasteiger partial charge in [0, 0.05) is 11.2 Å². The van der Waals surface area contributed by atoms with E-state index in [-0.39, 0.29) is 18.2 Å². The van der Waals surface area contributed by atoms with E-state index >= 15 is 0 Å². The smallest absolute Gasteiger partial charge is 0.278 e. The predicted octanol–water partition coefficient (Wildman–Crippen LogP) is 5.33. The van der Waals surface area contributed by atoms with Crippen LogP contribution in [0.2, 0.25) is 5.02 Å². The average Bonchev–Trinajstić information content (AvgIpc) is 3.36. The maximum atomic E-state index is 12.8. The molecule has 0 bridgehead atoms. The van der Waals surface area contributed by atoms with Gasteiger partial charge >= 0.3 is 0 Å². The van der Waals surface area contributed by atoms with Gasteiger partial charge < -0.3 is 14.6 Å². The predicted molar refractivity (Wildman–Crippen MR) is 122 cm³/mol. The van der Waals surface area contributed by atoms with Crippen molar-refractivity contribution in [3.8, 4) is 5.75 Å². The monoisotopic (exact) mass is 450 g/mol. The normalized spacial score (nSPS) is 10.9. The Bertz CT molecular complexity index is 1240. The molecule has 4 rings (SSSR count). The Morgan fingerprint density at radius 3 is 2.66 bits per heavy atom. The van der Waals surface area contributed by atoms with Crippen molar-refractivity contribution in [3.63, 3.8) is 0 Å². The van der Waals surface area contributed by atoms with Gasteiger partial charge in [0.05, 0.1) is 24.0 Å². The molecule has 0 unspecified atom stereocenters. The zero-order chi connectivity index (χ0) is 22.7.